The molecule has 3 N–H and O–H groups in total. The van der Waals surface area contributed by atoms with Crippen LogP contribution in [-0.4, -0.2) is 5.91 Å². The molecule has 5 heteroatoms. The van der Waals surface area contributed by atoms with Crippen LogP contribution >= 0.6 is 0 Å². The van der Waals surface area contributed by atoms with E-state index >= 15 is 0 Å². The van der Waals surface area contributed by atoms with Gasteiger partial charge in [-0.05, 0) is 18.2 Å². The number of nitrogen functional groups attached to an aromatic ring is 1. The molecule has 1 aromatic carbocycles. The first kappa shape index (κ1) is 14.0. The summed E-state index contributed by atoms with van der Waals surface area (Å²) in [5.74, 6) is -0.211. The highest BCUT2D eigenvalue weighted by atomic mass is 35.5. The zero-order valence-corrected chi connectivity index (χ0v) is 10.7. The lowest BCUT2D eigenvalue weighted by atomic mass is 10.2. The summed E-state index contributed by atoms with van der Waals surface area (Å²) in [7, 11) is 1.79. The van der Waals surface area contributed by atoms with Crippen molar-refractivity contribution in [1.82, 2.24) is 0 Å². The standard InChI is InChI=1S/C13H13N3O.ClH/c1-16-9-5-8-11(14)12(16)13(17)15-10-6-3-2-4-7-10;/h2-9H,1H3,(H2-,14,15,17);1H. The molecular formula is C13H14ClN3O. The molecule has 0 fully saturated rings. The van der Waals surface area contributed by atoms with E-state index in [1.165, 1.54) is 0 Å². The Bertz CT molecular complexity index is 523. The van der Waals surface area contributed by atoms with Gasteiger partial charge in [-0.25, -0.2) is 0 Å². The number of carbonyl (C=O) groups is 1. The molecule has 0 aliphatic carbocycles. The van der Waals surface area contributed by atoms with E-state index in [9.17, 15) is 4.79 Å². The van der Waals surface area contributed by atoms with E-state index in [2.05, 4.69) is 5.32 Å². The second kappa shape index (κ2) is 6.02. The van der Waals surface area contributed by atoms with Crippen molar-refractivity contribution in [3.8, 4) is 0 Å². The topological polar surface area (TPSA) is 59.0 Å². The molecule has 4 nitrogen and oxygen atoms in total. The Morgan fingerprint density at radius 2 is 1.83 bits per heavy atom. The minimum atomic E-state index is -0.211. The van der Waals surface area contributed by atoms with Crippen LogP contribution in [0.5, 0.6) is 0 Å². The number of aryl methyl sites for hydroxylation is 1. The Kier molecular flexibility index (Phi) is 4.68. The summed E-state index contributed by atoms with van der Waals surface area (Å²) in [6, 6.07) is 12.8. The van der Waals surface area contributed by atoms with Crippen LogP contribution in [0.15, 0.2) is 48.7 Å². The predicted molar refractivity (Wildman–Crippen MR) is 66.4 cm³/mol. The maximum absolute atomic E-state index is 12.0. The minimum Gasteiger partial charge on any atom is -1.00 e. The van der Waals surface area contributed by atoms with Crippen molar-refractivity contribution in [1.29, 1.82) is 0 Å². The number of halogens is 1. The molecule has 1 aromatic heterocycles. The Hall–Kier alpha value is -2.07. The van der Waals surface area contributed by atoms with Gasteiger partial charge in [0.15, 0.2) is 6.20 Å². The lowest BCUT2D eigenvalue weighted by molar-refractivity contribution is -0.672. The van der Waals surface area contributed by atoms with E-state index < -0.39 is 0 Å². The van der Waals surface area contributed by atoms with E-state index in [-0.39, 0.29) is 18.3 Å². The summed E-state index contributed by atoms with van der Waals surface area (Å²) in [5, 5.41) is 2.80. The highest BCUT2D eigenvalue weighted by Crippen LogP contribution is 2.10. The molecule has 1 amide bonds. The van der Waals surface area contributed by atoms with E-state index in [0.717, 1.165) is 5.69 Å². The quantitative estimate of drug-likeness (QED) is 0.638. The van der Waals surface area contributed by atoms with Crippen LogP contribution < -0.4 is 28.0 Å². The number of hydrogen-bond donors (Lipinski definition) is 2. The Balaban J connectivity index is 0.00000162. The van der Waals surface area contributed by atoms with Gasteiger partial charge in [0.05, 0.1) is 0 Å². The van der Waals surface area contributed by atoms with Crippen LogP contribution in [-0.2, 0) is 7.05 Å². The fourth-order valence-corrected chi connectivity index (χ4v) is 1.64. The van der Waals surface area contributed by atoms with Crippen LogP contribution in [0.1, 0.15) is 10.5 Å². The molecule has 1 heterocycles. The van der Waals surface area contributed by atoms with Crippen LogP contribution in [0.2, 0.25) is 0 Å². The molecule has 0 saturated heterocycles. The van der Waals surface area contributed by atoms with Gasteiger partial charge in [-0.2, -0.15) is 4.57 Å². The van der Waals surface area contributed by atoms with E-state index in [1.54, 1.807) is 29.9 Å². The number of anilines is 2. The number of nitrogens with two attached hydrogens (primary N) is 1. The molecule has 0 radical (unpaired) electrons. The largest absolute Gasteiger partial charge is 1.00 e. The average molecular weight is 264 g/mol. The number of nitrogens with one attached hydrogen (secondary N) is 1. The number of hydrogen-bond acceptors (Lipinski definition) is 2. The highest BCUT2D eigenvalue weighted by Gasteiger charge is 2.20. The number of para-hydroxylation sites is 1. The maximum Gasteiger partial charge on any atom is 0.322 e. The molecule has 0 atom stereocenters. The first-order valence-corrected chi connectivity index (χ1v) is 5.29. The molecule has 0 aliphatic heterocycles. The summed E-state index contributed by atoms with van der Waals surface area (Å²) in [5.41, 5.74) is 7.46. The smallest absolute Gasteiger partial charge is 0.322 e. The van der Waals surface area contributed by atoms with Crippen molar-refractivity contribution in [3.63, 3.8) is 0 Å². The average Bonchev–Trinajstić information content (AvgIpc) is 2.30. The Labute approximate surface area is 112 Å². The second-order valence-electron chi connectivity index (χ2n) is 3.74. The Morgan fingerprint density at radius 1 is 1.17 bits per heavy atom. The van der Waals surface area contributed by atoms with Crippen LogP contribution in [0.25, 0.3) is 0 Å². The molecule has 94 valence electrons. The number of amides is 1. The van der Waals surface area contributed by atoms with Gasteiger partial charge in [-0.3, -0.25) is 4.79 Å². The first-order chi connectivity index (χ1) is 8.18. The van der Waals surface area contributed by atoms with E-state index in [4.69, 9.17) is 5.73 Å². The fourth-order valence-electron chi connectivity index (χ4n) is 1.64. The molecule has 0 saturated carbocycles. The summed E-state index contributed by atoms with van der Waals surface area (Å²) < 4.78 is 1.70. The van der Waals surface area contributed by atoms with Gasteiger partial charge in [0.1, 0.15) is 12.7 Å². The molecule has 18 heavy (non-hydrogen) atoms. The number of aromatic nitrogens is 1. The van der Waals surface area contributed by atoms with Crippen LogP contribution in [0.3, 0.4) is 0 Å². The zero-order chi connectivity index (χ0) is 12.3. The number of nitrogens with zero attached hydrogens (tertiary/aromatic N) is 1. The molecule has 2 rings (SSSR count). The van der Waals surface area contributed by atoms with E-state index in [1.807, 2.05) is 30.3 Å². The molecule has 0 bridgehead atoms. The lowest BCUT2D eigenvalue weighted by Crippen LogP contribution is -3.00. The number of pyridine rings is 1. The van der Waals surface area contributed by atoms with Gasteiger partial charge in [-0.15, -0.1) is 0 Å². The van der Waals surface area contributed by atoms with Crippen molar-refractivity contribution in [2.24, 2.45) is 7.05 Å². The van der Waals surface area contributed by atoms with Gasteiger partial charge < -0.3 is 23.5 Å². The summed E-state index contributed by atoms with van der Waals surface area (Å²) in [6.45, 7) is 0. The second-order valence-corrected chi connectivity index (χ2v) is 3.74. The van der Waals surface area contributed by atoms with E-state index in [0.29, 0.717) is 11.4 Å². The van der Waals surface area contributed by atoms with Crippen LogP contribution in [0.4, 0.5) is 11.4 Å². The first-order valence-electron chi connectivity index (χ1n) is 5.29. The lowest BCUT2D eigenvalue weighted by Gasteiger charge is -2.05. The third-order valence-electron chi connectivity index (χ3n) is 2.46. The number of rotatable bonds is 2. The zero-order valence-electron chi connectivity index (χ0n) is 9.93. The van der Waals surface area contributed by atoms with Crippen LogP contribution in [0, 0.1) is 0 Å². The molecule has 0 unspecified atom stereocenters. The molecule has 0 aliphatic rings. The molecular weight excluding hydrogens is 250 g/mol. The van der Waals surface area contributed by atoms with Crippen molar-refractivity contribution < 1.29 is 21.8 Å². The predicted octanol–water partition coefficient (Wildman–Crippen LogP) is -1.65. The minimum absolute atomic E-state index is 0. The highest BCUT2D eigenvalue weighted by molar-refractivity contribution is 6.04. The normalized spacial score (nSPS) is 9.39. The van der Waals surface area contributed by atoms with Gasteiger partial charge in [0.2, 0.25) is 0 Å². The summed E-state index contributed by atoms with van der Waals surface area (Å²) in [6.07, 6.45) is 1.79. The van der Waals surface area contributed by atoms with Gasteiger partial charge in [-0.1, -0.05) is 18.2 Å². The summed E-state index contributed by atoms with van der Waals surface area (Å²) in [4.78, 5) is 12.0. The van der Waals surface area contributed by atoms with Gasteiger partial charge in [0.25, 0.3) is 5.69 Å². The maximum atomic E-state index is 12.0. The third kappa shape index (κ3) is 2.99. The molecule has 0 spiro atoms. The van der Waals surface area contributed by atoms with Crippen molar-refractivity contribution in [2.45, 2.75) is 0 Å². The number of benzene rings is 1. The van der Waals surface area contributed by atoms with Gasteiger partial charge >= 0.3 is 5.91 Å². The monoisotopic (exact) mass is 263 g/mol. The summed E-state index contributed by atoms with van der Waals surface area (Å²) >= 11 is 0. The number of carbonyl (C=O) groups excluding carboxylic acids is 1. The van der Waals surface area contributed by atoms with Crippen molar-refractivity contribution >= 4 is 17.3 Å². The molecule has 2 aromatic rings. The fraction of sp³-hybridized carbons (Fsp3) is 0.0769. The SMILES string of the molecule is C[n+]1cccc(N)c1C(=O)Nc1ccccc1.[Cl-]. The van der Waals surface area contributed by atoms with Gasteiger partial charge in [0, 0.05) is 11.8 Å². The van der Waals surface area contributed by atoms with Crippen molar-refractivity contribution in [2.75, 3.05) is 11.1 Å². The third-order valence-corrected chi connectivity index (χ3v) is 2.46. The Morgan fingerprint density at radius 3 is 2.44 bits per heavy atom. The van der Waals surface area contributed by atoms with Crippen molar-refractivity contribution in [3.05, 3.63) is 54.4 Å².